The molecule has 0 amide bonds. The average Bonchev–Trinajstić information content (AvgIpc) is 3.13. The van der Waals surface area contributed by atoms with Crippen molar-refractivity contribution in [3.8, 4) is 16.9 Å². The van der Waals surface area contributed by atoms with Gasteiger partial charge in [0.25, 0.3) is 0 Å². The SMILES string of the molecule is Cc1cc(C2(c3ccc(F)c(-c4cccnc4)c3)C=C(N)NC2)ccc1OC(F)F. The van der Waals surface area contributed by atoms with Crippen LogP contribution in [-0.4, -0.2) is 18.1 Å². The number of ether oxygens (including phenoxy) is 1. The zero-order valence-electron chi connectivity index (χ0n) is 16.2. The number of hydrogen-bond donors (Lipinski definition) is 2. The average molecular weight is 411 g/mol. The summed E-state index contributed by atoms with van der Waals surface area (Å²) in [5.74, 6) is 0.247. The van der Waals surface area contributed by atoms with E-state index in [1.54, 1.807) is 55.7 Å². The lowest BCUT2D eigenvalue weighted by Gasteiger charge is -2.29. The van der Waals surface area contributed by atoms with Gasteiger partial charge in [0, 0.05) is 30.1 Å². The summed E-state index contributed by atoms with van der Waals surface area (Å²) in [7, 11) is 0. The molecule has 0 fully saturated rings. The quantitative estimate of drug-likeness (QED) is 0.650. The van der Waals surface area contributed by atoms with E-state index in [1.807, 2.05) is 6.08 Å². The number of nitrogens with two attached hydrogens (primary N) is 1. The van der Waals surface area contributed by atoms with Crippen molar-refractivity contribution < 1.29 is 17.9 Å². The highest BCUT2D eigenvalue weighted by Gasteiger charge is 2.37. The van der Waals surface area contributed by atoms with Gasteiger partial charge in [0.1, 0.15) is 11.6 Å². The van der Waals surface area contributed by atoms with Crippen molar-refractivity contribution in [2.24, 2.45) is 5.73 Å². The predicted octanol–water partition coefficient (Wildman–Crippen LogP) is 4.49. The van der Waals surface area contributed by atoms with Crippen LogP contribution in [0.3, 0.4) is 0 Å². The van der Waals surface area contributed by atoms with Crippen molar-refractivity contribution in [2.45, 2.75) is 19.0 Å². The van der Waals surface area contributed by atoms with Crippen LogP contribution in [0.4, 0.5) is 13.2 Å². The number of aryl methyl sites for hydroxylation is 1. The summed E-state index contributed by atoms with van der Waals surface area (Å²) in [4.78, 5) is 4.08. The van der Waals surface area contributed by atoms with Gasteiger partial charge in [-0.2, -0.15) is 8.78 Å². The van der Waals surface area contributed by atoms with Crippen molar-refractivity contribution in [1.29, 1.82) is 0 Å². The van der Waals surface area contributed by atoms with Crippen LogP contribution in [0.25, 0.3) is 11.1 Å². The number of pyridine rings is 1. The first-order valence-corrected chi connectivity index (χ1v) is 9.37. The smallest absolute Gasteiger partial charge is 0.387 e. The number of nitrogens with one attached hydrogen (secondary N) is 1. The Labute approximate surface area is 172 Å². The molecule has 0 spiro atoms. The molecule has 0 saturated heterocycles. The second-order valence-electron chi connectivity index (χ2n) is 7.22. The zero-order valence-corrected chi connectivity index (χ0v) is 16.2. The molecule has 2 aromatic carbocycles. The van der Waals surface area contributed by atoms with E-state index in [2.05, 4.69) is 15.0 Å². The molecular weight excluding hydrogens is 391 g/mol. The van der Waals surface area contributed by atoms with E-state index in [9.17, 15) is 13.2 Å². The number of hydrogen-bond acceptors (Lipinski definition) is 4. The second kappa shape index (κ2) is 7.74. The van der Waals surface area contributed by atoms with E-state index in [4.69, 9.17) is 5.73 Å². The Morgan fingerprint density at radius 3 is 2.53 bits per heavy atom. The molecule has 154 valence electrons. The Balaban J connectivity index is 1.84. The van der Waals surface area contributed by atoms with Crippen LogP contribution in [0.2, 0.25) is 0 Å². The molecule has 0 saturated carbocycles. The molecular formula is C23H20F3N3O. The summed E-state index contributed by atoms with van der Waals surface area (Å²) in [5, 5.41) is 3.13. The Morgan fingerprint density at radius 1 is 1.13 bits per heavy atom. The molecule has 30 heavy (non-hydrogen) atoms. The first-order chi connectivity index (χ1) is 14.4. The lowest BCUT2D eigenvalue weighted by atomic mass is 9.74. The topological polar surface area (TPSA) is 60.2 Å². The number of alkyl halides is 2. The Morgan fingerprint density at radius 2 is 1.90 bits per heavy atom. The Bertz CT molecular complexity index is 1100. The van der Waals surface area contributed by atoms with Gasteiger partial charge in [0.05, 0.1) is 11.2 Å². The molecule has 0 bridgehead atoms. The fourth-order valence-corrected chi connectivity index (χ4v) is 3.85. The van der Waals surface area contributed by atoms with Crippen molar-refractivity contribution in [1.82, 2.24) is 10.3 Å². The van der Waals surface area contributed by atoms with Crippen LogP contribution < -0.4 is 15.8 Å². The summed E-state index contributed by atoms with van der Waals surface area (Å²) in [5.41, 5.74) is 8.65. The molecule has 0 radical (unpaired) electrons. The van der Waals surface area contributed by atoms with Gasteiger partial charge < -0.3 is 15.8 Å². The van der Waals surface area contributed by atoms with Crippen molar-refractivity contribution >= 4 is 0 Å². The van der Waals surface area contributed by atoms with E-state index < -0.39 is 12.0 Å². The third-order valence-corrected chi connectivity index (χ3v) is 5.33. The standard InChI is InChI=1S/C23H20F3N3O/c1-14-9-16(5-7-20(14)30-22(25)26)23(11-21(27)29-13-23)17-4-6-19(24)18(10-17)15-3-2-8-28-12-15/h2-12,22,29H,13,27H2,1H3. The van der Waals surface area contributed by atoms with Gasteiger partial charge in [0.2, 0.25) is 0 Å². The maximum absolute atomic E-state index is 14.6. The normalized spacial score (nSPS) is 18.2. The highest BCUT2D eigenvalue weighted by molar-refractivity contribution is 5.66. The zero-order chi connectivity index (χ0) is 21.3. The minimum absolute atomic E-state index is 0.113. The van der Waals surface area contributed by atoms with E-state index in [0.29, 0.717) is 29.1 Å². The second-order valence-corrected chi connectivity index (χ2v) is 7.22. The largest absolute Gasteiger partial charge is 0.435 e. The molecule has 1 unspecified atom stereocenters. The first-order valence-electron chi connectivity index (χ1n) is 9.37. The molecule has 7 heteroatoms. The Kier molecular flexibility index (Phi) is 5.11. The van der Waals surface area contributed by atoms with Crippen molar-refractivity contribution in [2.75, 3.05) is 6.54 Å². The molecule has 0 aliphatic carbocycles. The number of nitrogens with zero attached hydrogens (tertiary/aromatic N) is 1. The van der Waals surface area contributed by atoms with Crippen LogP contribution in [0.15, 0.2) is 72.8 Å². The molecule has 4 rings (SSSR count). The maximum Gasteiger partial charge on any atom is 0.387 e. The molecule has 3 N–H and O–H groups in total. The number of rotatable bonds is 5. The summed E-state index contributed by atoms with van der Waals surface area (Å²) in [6, 6.07) is 13.5. The summed E-state index contributed by atoms with van der Waals surface area (Å²) in [6.07, 6.45) is 5.10. The van der Waals surface area contributed by atoms with E-state index in [1.165, 1.54) is 12.1 Å². The van der Waals surface area contributed by atoms with Gasteiger partial charge in [-0.25, -0.2) is 4.39 Å². The Hall–Kier alpha value is -3.48. The van der Waals surface area contributed by atoms with Gasteiger partial charge in [-0.3, -0.25) is 4.98 Å². The first kappa shape index (κ1) is 19.8. The van der Waals surface area contributed by atoms with E-state index in [-0.39, 0.29) is 11.6 Å². The van der Waals surface area contributed by atoms with E-state index >= 15 is 0 Å². The molecule has 1 aliphatic heterocycles. The number of aromatic nitrogens is 1. The summed E-state index contributed by atoms with van der Waals surface area (Å²) in [6.45, 7) is -0.743. The van der Waals surface area contributed by atoms with E-state index in [0.717, 1.165) is 11.1 Å². The third-order valence-electron chi connectivity index (χ3n) is 5.33. The minimum Gasteiger partial charge on any atom is -0.435 e. The van der Waals surface area contributed by atoms with Crippen molar-refractivity contribution in [3.63, 3.8) is 0 Å². The third kappa shape index (κ3) is 3.58. The lowest BCUT2D eigenvalue weighted by molar-refractivity contribution is -0.0503. The van der Waals surface area contributed by atoms with Crippen molar-refractivity contribution in [3.05, 3.63) is 95.3 Å². The lowest BCUT2D eigenvalue weighted by Crippen LogP contribution is -2.31. The van der Waals surface area contributed by atoms with Crippen LogP contribution in [0.1, 0.15) is 16.7 Å². The fraction of sp³-hybridized carbons (Fsp3) is 0.174. The fourth-order valence-electron chi connectivity index (χ4n) is 3.85. The molecule has 4 nitrogen and oxygen atoms in total. The molecule has 3 aromatic rings. The number of benzene rings is 2. The van der Waals surface area contributed by atoms with Gasteiger partial charge in [0.15, 0.2) is 0 Å². The van der Waals surface area contributed by atoms with Crippen LogP contribution in [0, 0.1) is 12.7 Å². The maximum atomic E-state index is 14.6. The number of halogens is 3. The van der Waals surface area contributed by atoms with Crippen LogP contribution >= 0.6 is 0 Å². The molecule has 1 aromatic heterocycles. The summed E-state index contributed by atoms with van der Waals surface area (Å²) >= 11 is 0. The van der Waals surface area contributed by atoms with Crippen LogP contribution in [0.5, 0.6) is 5.75 Å². The van der Waals surface area contributed by atoms with Gasteiger partial charge >= 0.3 is 6.61 Å². The molecule has 1 atom stereocenters. The van der Waals surface area contributed by atoms with Gasteiger partial charge in [-0.15, -0.1) is 0 Å². The van der Waals surface area contributed by atoms with Gasteiger partial charge in [-0.05, 0) is 54.0 Å². The monoisotopic (exact) mass is 411 g/mol. The molecule has 2 heterocycles. The highest BCUT2D eigenvalue weighted by Crippen LogP contribution is 2.40. The highest BCUT2D eigenvalue weighted by atomic mass is 19.3. The summed E-state index contributed by atoms with van der Waals surface area (Å²) < 4.78 is 44.5. The van der Waals surface area contributed by atoms with Crippen LogP contribution in [-0.2, 0) is 5.41 Å². The van der Waals surface area contributed by atoms with Gasteiger partial charge in [-0.1, -0.05) is 24.3 Å². The minimum atomic E-state index is -2.90. The molecule has 1 aliphatic rings. The predicted molar refractivity (Wildman–Crippen MR) is 108 cm³/mol.